The highest BCUT2D eigenvalue weighted by Crippen LogP contribution is 2.36. The van der Waals surface area contributed by atoms with E-state index in [1.165, 1.54) is 4.57 Å². The van der Waals surface area contributed by atoms with Crippen molar-refractivity contribution in [3.63, 3.8) is 0 Å². The number of hydrogen-bond acceptors (Lipinski definition) is 7. The number of aryl methyl sites for hydroxylation is 1. The van der Waals surface area contributed by atoms with Gasteiger partial charge in [0.25, 0.3) is 5.56 Å². The van der Waals surface area contributed by atoms with Crippen LogP contribution in [0.5, 0.6) is 0 Å². The molecular formula is C26H29F3N5O3P. The fourth-order valence-electron chi connectivity index (χ4n) is 3.43. The highest BCUT2D eigenvalue weighted by molar-refractivity contribution is 7.31. The van der Waals surface area contributed by atoms with Crippen LogP contribution in [0.25, 0.3) is 10.8 Å². The first kappa shape index (κ1) is 29.0. The van der Waals surface area contributed by atoms with Gasteiger partial charge in [-0.25, -0.2) is 4.98 Å². The van der Waals surface area contributed by atoms with E-state index >= 15 is 0 Å². The number of aliphatic hydroxyl groups is 1. The third-order valence-corrected chi connectivity index (χ3v) is 6.23. The van der Waals surface area contributed by atoms with E-state index in [4.69, 9.17) is 9.63 Å². The van der Waals surface area contributed by atoms with E-state index in [0.717, 1.165) is 17.9 Å². The van der Waals surface area contributed by atoms with Crippen molar-refractivity contribution in [3.05, 3.63) is 82.4 Å². The van der Waals surface area contributed by atoms with Crippen LogP contribution < -0.4 is 16.2 Å². The molecule has 3 N–H and O–H groups in total. The van der Waals surface area contributed by atoms with Crippen molar-refractivity contribution in [1.82, 2.24) is 14.5 Å². The number of halogens is 3. The second kappa shape index (κ2) is 13.3. The normalized spacial score (nSPS) is 11.4. The molecule has 0 bridgehead atoms. The molecule has 0 aliphatic carbocycles. The summed E-state index contributed by atoms with van der Waals surface area (Å²) in [5, 5.41) is 14.1. The predicted octanol–water partition coefficient (Wildman–Crippen LogP) is 5.96. The average molecular weight is 548 g/mol. The van der Waals surface area contributed by atoms with E-state index in [-0.39, 0.29) is 29.2 Å². The monoisotopic (exact) mass is 547 g/mol. The van der Waals surface area contributed by atoms with Gasteiger partial charge in [-0.05, 0) is 49.1 Å². The Balaban J connectivity index is 0.00000127. The molecule has 0 aliphatic heterocycles. The largest absolute Gasteiger partial charge is 0.421 e. The van der Waals surface area contributed by atoms with Crippen molar-refractivity contribution in [2.75, 3.05) is 23.8 Å². The average Bonchev–Trinajstić information content (AvgIpc) is 2.87. The quantitative estimate of drug-likeness (QED) is 0.185. The van der Waals surface area contributed by atoms with Crippen LogP contribution in [0.1, 0.15) is 25.0 Å². The highest BCUT2D eigenvalue weighted by Gasteiger charge is 2.35. The molecule has 8 nitrogen and oxygen atoms in total. The predicted molar refractivity (Wildman–Crippen MR) is 146 cm³/mol. The number of nitrogens with zero attached hydrogens (tertiary/aromatic N) is 3. The van der Waals surface area contributed by atoms with Gasteiger partial charge in [-0.2, -0.15) is 18.2 Å². The second-order valence-electron chi connectivity index (χ2n) is 7.97. The summed E-state index contributed by atoms with van der Waals surface area (Å²) in [6.07, 6.45) is -1.59. The fourth-order valence-corrected chi connectivity index (χ4v) is 4.14. The minimum atomic E-state index is -4.70. The summed E-state index contributed by atoms with van der Waals surface area (Å²) in [5.74, 6) is -0.472. The summed E-state index contributed by atoms with van der Waals surface area (Å²) >= 11 is 0. The number of pyridine rings is 1. The molecule has 1 atom stereocenters. The lowest BCUT2D eigenvalue weighted by molar-refractivity contribution is -0.137. The lowest BCUT2D eigenvalue weighted by atomic mass is 10.1. The number of rotatable bonds is 8. The molecule has 1 unspecified atom stereocenters. The van der Waals surface area contributed by atoms with Crippen molar-refractivity contribution in [2.24, 2.45) is 7.05 Å². The second-order valence-corrected chi connectivity index (χ2v) is 8.90. The zero-order valence-corrected chi connectivity index (χ0v) is 22.1. The molecule has 38 heavy (non-hydrogen) atoms. The fraction of sp³-hybridized carbons (Fsp3) is 0.269. The smallest absolute Gasteiger partial charge is 0.397 e. The minimum absolute atomic E-state index is 0.0161. The third kappa shape index (κ3) is 7.50. The van der Waals surface area contributed by atoms with Gasteiger partial charge in [-0.15, -0.1) is 0 Å². The number of anilines is 4. The van der Waals surface area contributed by atoms with Gasteiger partial charge in [0.05, 0.1) is 11.1 Å². The Bertz CT molecular complexity index is 1410. The Labute approximate surface area is 219 Å². The zero-order valence-electron chi connectivity index (χ0n) is 21.1. The van der Waals surface area contributed by atoms with Gasteiger partial charge in [-0.1, -0.05) is 24.3 Å². The van der Waals surface area contributed by atoms with Crippen LogP contribution in [0, 0.1) is 0 Å². The maximum absolute atomic E-state index is 13.7. The van der Waals surface area contributed by atoms with Crippen molar-refractivity contribution < 1.29 is 22.8 Å². The van der Waals surface area contributed by atoms with Crippen LogP contribution in [-0.4, -0.2) is 32.9 Å². The summed E-state index contributed by atoms with van der Waals surface area (Å²) in [5.41, 5.74) is 0.545. The van der Waals surface area contributed by atoms with Gasteiger partial charge in [-0.3, -0.25) is 4.79 Å². The number of benzene rings is 2. The van der Waals surface area contributed by atoms with Crippen LogP contribution in [0.2, 0.25) is 0 Å². The van der Waals surface area contributed by atoms with Crippen LogP contribution in [0.4, 0.5) is 36.3 Å². The molecule has 0 aliphatic rings. The van der Waals surface area contributed by atoms with E-state index in [2.05, 4.69) is 20.6 Å². The van der Waals surface area contributed by atoms with Crippen molar-refractivity contribution in [3.8, 4) is 0 Å². The van der Waals surface area contributed by atoms with Gasteiger partial charge in [0, 0.05) is 53.3 Å². The molecular weight excluding hydrogens is 518 g/mol. The number of alkyl halides is 3. The number of fused-ring (bicyclic) bond motifs is 1. The van der Waals surface area contributed by atoms with Crippen LogP contribution in [0.15, 0.2) is 65.7 Å². The van der Waals surface area contributed by atoms with E-state index in [9.17, 15) is 18.0 Å². The minimum Gasteiger partial charge on any atom is -0.397 e. The van der Waals surface area contributed by atoms with Gasteiger partial charge < -0.3 is 24.8 Å². The van der Waals surface area contributed by atoms with Gasteiger partial charge in [0.1, 0.15) is 11.4 Å². The summed E-state index contributed by atoms with van der Waals surface area (Å²) in [4.78, 5) is 20.6. The standard InChI is InChI=1S/C24H23F3N5O2P.C2H6O/c1-3-34-35-14-15-7-9-17(10-8-15)29-23-28-13-18(24(25,26)27)21(31-23)30-19-6-4-5-16-11-12-32(2)22(33)20(16)19;1-2-3/h4-13,35H,3,14H2,1-2H3,(H2,28,29,30,31);3H,2H2,1H3. The van der Waals surface area contributed by atoms with Crippen LogP contribution >= 0.6 is 8.81 Å². The van der Waals surface area contributed by atoms with E-state index in [0.29, 0.717) is 26.5 Å². The number of hydrogen-bond donors (Lipinski definition) is 3. The lowest BCUT2D eigenvalue weighted by Gasteiger charge is -2.16. The molecule has 202 valence electrons. The first-order valence-corrected chi connectivity index (χ1v) is 12.9. The lowest BCUT2D eigenvalue weighted by Crippen LogP contribution is -2.17. The Kier molecular flexibility index (Phi) is 10.2. The van der Waals surface area contributed by atoms with Gasteiger partial charge >= 0.3 is 6.18 Å². The molecule has 2 aromatic carbocycles. The Morgan fingerprint density at radius 1 is 1.08 bits per heavy atom. The SMILES string of the molecule is CCO.CCOPCc1ccc(Nc2ncc(C(F)(F)F)c(Nc3cccc4ccn(C)c(=O)c34)n2)cc1. The van der Waals surface area contributed by atoms with Gasteiger partial charge in [0.2, 0.25) is 5.95 Å². The molecule has 0 radical (unpaired) electrons. The molecule has 0 saturated carbocycles. The molecule has 4 aromatic rings. The Morgan fingerprint density at radius 2 is 1.79 bits per heavy atom. The van der Waals surface area contributed by atoms with E-state index in [1.807, 2.05) is 19.1 Å². The molecule has 4 rings (SSSR count). The molecule has 12 heteroatoms. The maximum atomic E-state index is 13.7. The molecule has 0 amide bonds. The summed E-state index contributed by atoms with van der Waals surface area (Å²) in [7, 11) is 1.94. The Hall–Kier alpha value is -3.53. The zero-order chi connectivity index (χ0) is 27.7. The van der Waals surface area contributed by atoms with Crippen LogP contribution in [0.3, 0.4) is 0 Å². The number of nitrogens with one attached hydrogen (secondary N) is 2. The summed E-state index contributed by atoms with van der Waals surface area (Å²) in [6, 6.07) is 14.1. The number of aliphatic hydroxyl groups excluding tert-OH is 1. The number of aromatic nitrogens is 3. The topological polar surface area (TPSA) is 101 Å². The highest BCUT2D eigenvalue weighted by atomic mass is 31.1. The molecule has 0 fully saturated rings. The first-order valence-electron chi connectivity index (χ1n) is 11.8. The van der Waals surface area contributed by atoms with Crippen molar-refractivity contribution in [2.45, 2.75) is 26.2 Å². The van der Waals surface area contributed by atoms with Crippen LogP contribution in [-0.2, 0) is 23.9 Å². The van der Waals surface area contributed by atoms with Gasteiger partial charge in [0.15, 0.2) is 0 Å². The maximum Gasteiger partial charge on any atom is 0.421 e. The third-order valence-electron chi connectivity index (χ3n) is 5.19. The Morgan fingerprint density at radius 3 is 2.45 bits per heavy atom. The first-order chi connectivity index (χ1) is 18.2. The molecule has 0 spiro atoms. The summed E-state index contributed by atoms with van der Waals surface area (Å²) in [6.45, 7) is 4.53. The molecule has 0 saturated heterocycles. The molecule has 2 heterocycles. The summed E-state index contributed by atoms with van der Waals surface area (Å²) < 4.78 is 47.9. The van der Waals surface area contributed by atoms with Crippen molar-refractivity contribution >= 4 is 42.7 Å². The molecule has 2 aromatic heterocycles. The van der Waals surface area contributed by atoms with Crippen molar-refractivity contribution in [1.29, 1.82) is 0 Å². The van der Waals surface area contributed by atoms with E-state index in [1.54, 1.807) is 56.6 Å². The van der Waals surface area contributed by atoms with E-state index < -0.39 is 17.6 Å².